The van der Waals surface area contributed by atoms with Gasteiger partial charge in [0.1, 0.15) is 0 Å². The second-order valence-corrected chi connectivity index (χ2v) is 5.69. The molecule has 6 heteroatoms. The highest BCUT2D eigenvalue weighted by Crippen LogP contribution is 2.20. The normalized spacial score (nSPS) is 10.7. The predicted octanol–water partition coefficient (Wildman–Crippen LogP) is 3.51. The molecule has 0 saturated heterocycles. The Labute approximate surface area is 141 Å². The Morgan fingerprint density at radius 2 is 0.917 bits per heavy atom. The van der Waals surface area contributed by atoms with Gasteiger partial charge in [0, 0.05) is 39.3 Å². The molecule has 0 aliphatic carbocycles. The van der Waals surface area contributed by atoms with Crippen molar-refractivity contribution < 1.29 is 9.59 Å². The molecule has 2 aromatic carbocycles. The van der Waals surface area contributed by atoms with Crippen LogP contribution in [0.2, 0.25) is 0 Å². The summed E-state index contributed by atoms with van der Waals surface area (Å²) in [6.45, 7) is 0. The molecule has 0 N–H and O–H groups in total. The molecule has 2 amide bonds. The van der Waals surface area contributed by atoms with Gasteiger partial charge in [-0.05, 0) is 48.5 Å². The molecule has 0 saturated carbocycles. The first kappa shape index (κ1) is 17.3. The summed E-state index contributed by atoms with van der Waals surface area (Å²) in [5, 5.41) is 8.27. The van der Waals surface area contributed by atoms with Crippen molar-refractivity contribution in [2.45, 2.75) is 0 Å². The minimum atomic E-state index is -0.0559. The van der Waals surface area contributed by atoms with E-state index in [0.29, 0.717) is 22.5 Å². The van der Waals surface area contributed by atoms with E-state index in [2.05, 4.69) is 10.2 Å². The SMILES string of the molecule is CN(C)C(=O)c1ccc(N=Nc2ccc(C(=O)N(C)C)cc2)cc1. The number of nitrogens with zero attached hydrogens (tertiary/aromatic N) is 4. The fourth-order valence-electron chi connectivity index (χ4n) is 1.97. The first-order valence-corrected chi connectivity index (χ1v) is 7.43. The highest BCUT2D eigenvalue weighted by molar-refractivity contribution is 5.94. The van der Waals surface area contributed by atoms with E-state index >= 15 is 0 Å². The molecule has 0 fully saturated rings. The van der Waals surface area contributed by atoms with Crippen LogP contribution in [0.5, 0.6) is 0 Å². The number of hydrogen-bond donors (Lipinski definition) is 0. The fraction of sp³-hybridized carbons (Fsp3) is 0.222. The van der Waals surface area contributed by atoms with Crippen LogP contribution in [0.4, 0.5) is 11.4 Å². The van der Waals surface area contributed by atoms with E-state index in [9.17, 15) is 9.59 Å². The van der Waals surface area contributed by atoms with Crippen molar-refractivity contribution in [1.29, 1.82) is 0 Å². The summed E-state index contributed by atoms with van der Waals surface area (Å²) < 4.78 is 0. The van der Waals surface area contributed by atoms with E-state index in [0.717, 1.165) is 0 Å². The standard InChI is InChI=1S/C18H20N4O2/c1-21(2)17(23)13-5-9-15(10-6-13)19-20-16-11-7-14(8-12-16)18(24)22(3)4/h5-12H,1-4H3. The van der Waals surface area contributed by atoms with Crippen LogP contribution in [0.25, 0.3) is 0 Å². The van der Waals surface area contributed by atoms with Crippen LogP contribution in [0, 0.1) is 0 Å². The summed E-state index contributed by atoms with van der Waals surface area (Å²) in [4.78, 5) is 26.7. The van der Waals surface area contributed by atoms with Crippen molar-refractivity contribution in [3.8, 4) is 0 Å². The van der Waals surface area contributed by atoms with Crippen molar-refractivity contribution in [3.05, 3.63) is 59.7 Å². The van der Waals surface area contributed by atoms with Gasteiger partial charge >= 0.3 is 0 Å². The van der Waals surface area contributed by atoms with Gasteiger partial charge in [0.25, 0.3) is 11.8 Å². The van der Waals surface area contributed by atoms with Crippen LogP contribution >= 0.6 is 0 Å². The highest BCUT2D eigenvalue weighted by Gasteiger charge is 2.08. The maximum absolute atomic E-state index is 11.8. The van der Waals surface area contributed by atoms with E-state index in [-0.39, 0.29) is 11.8 Å². The fourth-order valence-corrected chi connectivity index (χ4v) is 1.97. The van der Waals surface area contributed by atoms with Gasteiger partial charge in [-0.1, -0.05) is 0 Å². The number of carbonyl (C=O) groups is 2. The van der Waals surface area contributed by atoms with Gasteiger partial charge in [-0.15, -0.1) is 0 Å². The molecule has 0 aromatic heterocycles. The summed E-state index contributed by atoms with van der Waals surface area (Å²) in [5.74, 6) is -0.112. The average molecular weight is 324 g/mol. The lowest BCUT2D eigenvalue weighted by Crippen LogP contribution is -2.21. The van der Waals surface area contributed by atoms with Crippen LogP contribution in [0.15, 0.2) is 58.8 Å². The van der Waals surface area contributed by atoms with Crippen LogP contribution in [0.1, 0.15) is 20.7 Å². The first-order chi connectivity index (χ1) is 11.4. The Hall–Kier alpha value is -3.02. The minimum Gasteiger partial charge on any atom is -0.345 e. The maximum Gasteiger partial charge on any atom is 0.253 e. The number of hydrogen-bond acceptors (Lipinski definition) is 4. The molecule has 0 aliphatic heterocycles. The monoisotopic (exact) mass is 324 g/mol. The summed E-state index contributed by atoms with van der Waals surface area (Å²) >= 11 is 0. The van der Waals surface area contributed by atoms with Crippen LogP contribution in [0.3, 0.4) is 0 Å². The van der Waals surface area contributed by atoms with Gasteiger partial charge in [0.15, 0.2) is 0 Å². The van der Waals surface area contributed by atoms with E-state index in [1.165, 1.54) is 9.80 Å². The second kappa shape index (κ2) is 7.50. The quantitative estimate of drug-likeness (QED) is 0.808. The van der Waals surface area contributed by atoms with Gasteiger partial charge in [0.2, 0.25) is 0 Å². The Balaban J connectivity index is 2.08. The zero-order valence-electron chi connectivity index (χ0n) is 14.2. The zero-order valence-corrected chi connectivity index (χ0v) is 14.2. The van der Waals surface area contributed by atoms with Crippen molar-refractivity contribution >= 4 is 23.2 Å². The Kier molecular flexibility index (Phi) is 5.42. The molecule has 0 spiro atoms. The number of amides is 2. The van der Waals surface area contributed by atoms with Crippen LogP contribution in [-0.4, -0.2) is 49.8 Å². The summed E-state index contributed by atoms with van der Waals surface area (Å²) in [5.41, 5.74) is 2.51. The predicted molar refractivity (Wildman–Crippen MR) is 93.1 cm³/mol. The van der Waals surface area contributed by atoms with Gasteiger partial charge < -0.3 is 9.80 Å². The lowest BCUT2D eigenvalue weighted by molar-refractivity contribution is 0.0820. The molecule has 2 aromatic rings. The van der Waals surface area contributed by atoms with E-state index in [1.54, 1.807) is 76.7 Å². The molecule has 124 valence electrons. The first-order valence-electron chi connectivity index (χ1n) is 7.43. The molecule has 24 heavy (non-hydrogen) atoms. The van der Waals surface area contributed by atoms with Crippen molar-refractivity contribution in [1.82, 2.24) is 9.80 Å². The Bertz CT molecular complexity index is 682. The lowest BCUT2D eigenvalue weighted by atomic mass is 10.2. The molecule has 6 nitrogen and oxygen atoms in total. The van der Waals surface area contributed by atoms with E-state index in [1.807, 2.05) is 0 Å². The molecule has 0 radical (unpaired) electrons. The molecule has 0 atom stereocenters. The lowest BCUT2D eigenvalue weighted by Gasteiger charge is -2.09. The largest absolute Gasteiger partial charge is 0.345 e. The molecule has 2 rings (SSSR count). The number of rotatable bonds is 4. The van der Waals surface area contributed by atoms with Gasteiger partial charge in [-0.2, -0.15) is 10.2 Å². The van der Waals surface area contributed by atoms with Crippen LogP contribution in [-0.2, 0) is 0 Å². The van der Waals surface area contributed by atoms with Gasteiger partial charge in [-0.25, -0.2) is 0 Å². The number of carbonyl (C=O) groups excluding carboxylic acids is 2. The summed E-state index contributed by atoms with van der Waals surface area (Å²) in [7, 11) is 6.84. The highest BCUT2D eigenvalue weighted by atomic mass is 16.2. The van der Waals surface area contributed by atoms with Crippen LogP contribution < -0.4 is 0 Å². The summed E-state index contributed by atoms with van der Waals surface area (Å²) in [6, 6.07) is 13.8. The molecule has 0 heterocycles. The average Bonchev–Trinajstić information content (AvgIpc) is 2.59. The minimum absolute atomic E-state index is 0.0559. The Morgan fingerprint density at radius 1 is 0.625 bits per heavy atom. The van der Waals surface area contributed by atoms with Gasteiger partial charge in [-0.3, -0.25) is 9.59 Å². The third-order valence-corrected chi connectivity index (χ3v) is 3.32. The molecule has 0 aliphatic rings. The molecular formula is C18H20N4O2. The zero-order chi connectivity index (χ0) is 17.7. The van der Waals surface area contributed by atoms with Crippen molar-refractivity contribution in [3.63, 3.8) is 0 Å². The van der Waals surface area contributed by atoms with Crippen molar-refractivity contribution in [2.75, 3.05) is 28.2 Å². The number of benzene rings is 2. The number of azo groups is 1. The smallest absolute Gasteiger partial charge is 0.253 e. The molecular weight excluding hydrogens is 304 g/mol. The summed E-state index contributed by atoms with van der Waals surface area (Å²) in [6.07, 6.45) is 0. The van der Waals surface area contributed by atoms with E-state index in [4.69, 9.17) is 0 Å². The van der Waals surface area contributed by atoms with Gasteiger partial charge in [0.05, 0.1) is 11.4 Å². The van der Waals surface area contributed by atoms with Crippen molar-refractivity contribution in [2.24, 2.45) is 10.2 Å². The topological polar surface area (TPSA) is 65.3 Å². The third kappa shape index (κ3) is 4.25. The molecule has 0 unspecified atom stereocenters. The molecule has 0 bridgehead atoms. The second-order valence-electron chi connectivity index (χ2n) is 5.69. The third-order valence-electron chi connectivity index (χ3n) is 3.32. The van der Waals surface area contributed by atoms with E-state index < -0.39 is 0 Å². The maximum atomic E-state index is 11.8. The Morgan fingerprint density at radius 3 is 1.17 bits per heavy atom.